The van der Waals surface area contributed by atoms with Gasteiger partial charge in [0.2, 0.25) is 5.91 Å². The molecule has 1 amide bonds. The summed E-state index contributed by atoms with van der Waals surface area (Å²) >= 11 is 5.41. The number of nitrogens with one attached hydrogen (secondary N) is 2. The zero-order valence-electron chi connectivity index (χ0n) is 14.6. The minimum Gasteiger partial charge on any atom is -0.325 e. The molecular formula is C19H14ClF2N5O. The Kier molecular flexibility index (Phi) is 4.56. The summed E-state index contributed by atoms with van der Waals surface area (Å²) in [6, 6.07) is 7.10. The number of halogens is 3. The van der Waals surface area contributed by atoms with Crippen molar-refractivity contribution in [3.8, 4) is 22.4 Å². The smallest absolute Gasteiger partial charge is 0.239 e. The molecule has 0 aliphatic carbocycles. The molecule has 0 fully saturated rings. The van der Waals surface area contributed by atoms with Crippen molar-refractivity contribution in [2.45, 2.75) is 0 Å². The van der Waals surface area contributed by atoms with E-state index in [2.05, 4.69) is 20.6 Å². The lowest BCUT2D eigenvalue weighted by molar-refractivity contribution is -0.113. The number of rotatable bonds is 4. The van der Waals surface area contributed by atoms with Gasteiger partial charge in [0.05, 0.1) is 17.3 Å². The normalized spacial score (nSPS) is 11.1. The molecular weight excluding hydrogens is 388 g/mol. The quantitative estimate of drug-likeness (QED) is 0.506. The van der Waals surface area contributed by atoms with Gasteiger partial charge in [0, 0.05) is 29.9 Å². The van der Waals surface area contributed by atoms with E-state index in [1.807, 2.05) is 0 Å². The van der Waals surface area contributed by atoms with Gasteiger partial charge in [-0.1, -0.05) is 6.07 Å². The van der Waals surface area contributed by atoms with Crippen molar-refractivity contribution in [3.63, 3.8) is 0 Å². The number of carbonyl (C=O) groups is 1. The molecule has 0 unspecified atom stereocenters. The average Bonchev–Trinajstić information content (AvgIpc) is 3.26. The first-order valence-electron chi connectivity index (χ1n) is 8.28. The van der Waals surface area contributed by atoms with Crippen molar-refractivity contribution in [3.05, 3.63) is 54.4 Å². The van der Waals surface area contributed by atoms with Crippen molar-refractivity contribution in [2.75, 3.05) is 11.2 Å². The maximum absolute atomic E-state index is 14.6. The minimum atomic E-state index is -0.796. The third-order valence-corrected chi connectivity index (χ3v) is 4.52. The molecule has 2 heterocycles. The van der Waals surface area contributed by atoms with Crippen LogP contribution in [0, 0.1) is 11.6 Å². The Morgan fingerprint density at radius 3 is 2.61 bits per heavy atom. The van der Waals surface area contributed by atoms with E-state index in [1.54, 1.807) is 42.3 Å². The first-order valence-corrected chi connectivity index (χ1v) is 8.82. The molecule has 0 aliphatic heterocycles. The molecule has 6 nitrogen and oxygen atoms in total. The van der Waals surface area contributed by atoms with Gasteiger partial charge < -0.3 is 5.32 Å². The summed E-state index contributed by atoms with van der Waals surface area (Å²) in [5.41, 5.74) is 2.32. The number of aromatic nitrogens is 4. The summed E-state index contributed by atoms with van der Waals surface area (Å²) in [5, 5.41) is 14.4. The monoisotopic (exact) mass is 401 g/mol. The molecule has 2 aromatic carbocycles. The van der Waals surface area contributed by atoms with E-state index in [1.165, 1.54) is 0 Å². The Morgan fingerprint density at radius 1 is 1.21 bits per heavy atom. The highest BCUT2D eigenvalue weighted by atomic mass is 35.5. The molecule has 0 spiro atoms. The predicted octanol–water partition coefficient (Wildman–Crippen LogP) is 4.09. The Bertz CT molecular complexity index is 1180. The summed E-state index contributed by atoms with van der Waals surface area (Å²) in [6.07, 6.45) is 3.47. The van der Waals surface area contributed by atoms with E-state index in [0.29, 0.717) is 16.6 Å². The Labute approximate surface area is 163 Å². The number of H-pyrrole nitrogens is 1. The van der Waals surface area contributed by atoms with E-state index in [9.17, 15) is 13.6 Å². The molecule has 0 bridgehead atoms. The van der Waals surface area contributed by atoms with Gasteiger partial charge in [-0.2, -0.15) is 10.2 Å². The van der Waals surface area contributed by atoms with Crippen molar-refractivity contribution >= 4 is 34.1 Å². The number of benzene rings is 2. The van der Waals surface area contributed by atoms with Crippen LogP contribution in [0.2, 0.25) is 0 Å². The average molecular weight is 402 g/mol. The molecule has 4 aromatic rings. The van der Waals surface area contributed by atoms with Crippen molar-refractivity contribution in [2.24, 2.45) is 7.05 Å². The van der Waals surface area contributed by atoms with E-state index in [-0.39, 0.29) is 17.1 Å². The number of alkyl halides is 1. The summed E-state index contributed by atoms with van der Waals surface area (Å²) in [5.74, 6) is -2.44. The van der Waals surface area contributed by atoms with Gasteiger partial charge in [-0.25, -0.2) is 8.78 Å². The van der Waals surface area contributed by atoms with E-state index >= 15 is 0 Å². The fraction of sp³-hybridized carbons (Fsp3) is 0.105. The van der Waals surface area contributed by atoms with Gasteiger partial charge in [0.25, 0.3) is 0 Å². The number of fused-ring (bicyclic) bond motifs is 1. The highest BCUT2D eigenvalue weighted by Crippen LogP contribution is 2.33. The van der Waals surface area contributed by atoms with E-state index in [0.717, 1.165) is 23.2 Å². The van der Waals surface area contributed by atoms with Crippen molar-refractivity contribution in [1.29, 1.82) is 0 Å². The molecule has 4 rings (SSSR count). The number of hydrogen-bond donors (Lipinski definition) is 2. The molecule has 0 radical (unpaired) electrons. The lowest BCUT2D eigenvalue weighted by atomic mass is 10.0. The summed E-state index contributed by atoms with van der Waals surface area (Å²) < 4.78 is 30.9. The number of aromatic amines is 1. The van der Waals surface area contributed by atoms with Crippen molar-refractivity contribution < 1.29 is 13.6 Å². The van der Waals surface area contributed by atoms with Gasteiger partial charge >= 0.3 is 0 Å². The lowest BCUT2D eigenvalue weighted by Crippen LogP contribution is -2.13. The fourth-order valence-corrected chi connectivity index (χ4v) is 3.12. The van der Waals surface area contributed by atoms with Crippen LogP contribution in [0.15, 0.2) is 42.7 Å². The number of nitrogens with zero attached hydrogens (tertiary/aromatic N) is 3. The third-order valence-electron chi connectivity index (χ3n) is 4.28. The van der Waals surface area contributed by atoms with Crippen LogP contribution in [0.25, 0.3) is 33.3 Å². The van der Waals surface area contributed by atoms with Crippen LogP contribution >= 0.6 is 11.6 Å². The van der Waals surface area contributed by atoms with Crippen LogP contribution in [0.5, 0.6) is 0 Å². The molecule has 0 saturated heterocycles. The summed E-state index contributed by atoms with van der Waals surface area (Å²) in [7, 11) is 1.79. The number of hydrogen-bond acceptors (Lipinski definition) is 3. The Morgan fingerprint density at radius 2 is 1.96 bits per heavy atom. The second-order valence-electron chi connectivity index (χ2n) is 6.23. The minimum absolute atomic E-state index is 0.00448. The number of anilines is 1. The van der Waals surface area contributed by atoms with Gasteiger partial charge in [-0.05, 0) is 29.8 Å². The van der Waals surface area contributed by atoms with Gasteiger partial charge in [-0.3, -0.25) is 14.6 Å². The zero-order chi connectivity index (χ0) is 19.8. The zero-order valence-corrected chi connectivity index (χ0v) is 15.4. The van der Waals surface area contributed by atoms with Gasteiger partial charge in [0.1, 0.15) is 23.2 Å². The molecule has 0 aliphatic rings. The second-order valence-corrected chi connectivity index (χ2v) is 6.50. The van der Waals surface area contributed by atoms with Crippen LogP contribution < -0.4 is 5.32 Å². The molecule has 28 heavy (non-hydrogen) atoms. The van der Waals surface area contributed by atoms with E-state index in [4.69, 9.17) is 11.6 Å². The highest BCUT2D eigenvalue weighted by molar-refractivity contribution is 6.29. The number of aryl methyl sites for hydroxylation is 1. The molecule has 0 atom stereocenters. The van der Waals surface area contributed by atoms with Gasteiger partial charge in [0.15, 0.2) is 0 Å². The molecule has 2 N–H and O–H groups in total. The van der Waals surface area contributed by atoms with Crippen LogP contribution in [0.3, 0.4) is 0 Å². The lowest BCUT2D eigenvalue weighted by Gasteiger charge is -2.09. The van der Waals surface area contributed by atoms with Crippen LogP contribution in [0.4, 0.5) is 14.5 Å². The first-order chi connectivity index (χ1) is 13.5. The van der Waals surface area contributed by atoms with Crippen LogP contribution in [-0.2, 0) is 11.8 Å². The highest BCUT2D eigenvalue weighted by Gasteiger charge is 2.17. The topological polar surface area (TPSA) is 75.6 Å². The fourth-order valence-electron chi connectivity index (χ4n) is 3.05. The maximum Gasteiger partial charge on any atom is 0.239 e. The second kappa shape index (κ2) is 7.05. The van der Waals surface area contributed by atoms with Crippen LogP contribution in [0.1, 0.15) is 0 Å². The molecule has 9 heteroatoms. The first kappa shape index (κ1) is 18.1. The predicted molar refractivity (Wildman–Crippen MR) is 103 cm³/mol. The van der Waals surface area contributed by atoms with E-state index < -0.39 is 17.5 Å². The van der Waals surface area contributed by atoms with Crippen LogP contribution in [-0.4, -0.2) is 31.8 Å². The number of carbonyl (C=O) groups excluding carboxylic acids is 1. The van der Waals surface area contributed by atoms with Gasteiger partial charge in [-0.15, -0.1) is 11.6 Å². The van der Waals surface area contributed by atoms with Crippen molar-refractivity contribution in [1.82, 2.24) is 20.0 Å². The molecule has 2 aromatic heterocycles. The Balaban J connectivity index is 1.80. The largest absolute Gasteiger partial charge is 0.325 e. The third kappa shape index (κ3) is 3.22. The summed E-state index contributed by atoms with van der Waals surface area (Å²) in [4.78, 5) is 11.3. The maximum atomic E-state index is 14.6. The number of amides is 1. The molecule has 142 valence electrons. The molecule has 0 saturated carbocycles. The summed E-state index contributed by atoms with van der Waals surface area (Å²) in [6.45, 7) is 0. The Hall–Kier alpha value is -3.26. The standard InChI is InChI=1S/C19H14ClF2N5O/c1-27-9-11(8-23-27)19-13-4-10(2-3-16(13)25-26-19)18-14(21)5-12(6-15(18)22)24-17(28)7-20/h2-6,8-9H,7H2,1H3,(H,24,28)(H,25,26). The SMILES string of the molecule is Cn1cc(-c2n[nH]c3ccc(-c4c(F)cc(NC(=O)CCl)cc4F)cc23)cn1.